The second kappa shape index (κ2) is 7.46. The fourth-order valence-electron chi connectivity index (χ4n) is 1.51. The SMILES string of the molecule is CC(C)NC(=O)C(C)Sc1nnc(NCc2ccco2)s1. The predicted molar refractivity (Wildman–Crippen MR) is 84.5 cm³/mol. The van der Waals surface area contributed by atoms with Gasteiger partial charge in [-0.25, -0.2) is 0 Å². The van der Waals surface area contributed by atoms with Gasteiger partial charge in [0.05, 0.1) is 18.1 Å². The molecule has 8 heteroatoms. The van der Waals surface area contributed by atoms with Crippen LogP contribution in [0.1, 0.15) is 26.5 Å². The minimum Gasteiger partial charge on any atom is -0.467 e. The Balaban J connectivity index is 1.83. The molecule has 0 aliphatic carbocycles. The van der Waals surface area contributed by atoms with Crippen LogP contribution in [0, 0.1) is 0 Å². The lowest BCUT2D eigenvalue weighted by atomic mass is 10.3. The normalized spacial score (nSPS) is 12.4. The summed E-state index contributed by atoms with van der Waals surface area (Å²) in [5.41, 5.74) is 0. The molecule has 2 aromatic heterocycles. The van der Waals surface area contributed by atoms with E-state index in [1.54, 1.807) is 6.26 Å². The molecule has 0 aliphatic rings. The van der Waals surface area contributed by atoms with Crippen molar-refractivity contribution in [2.75, 3.05) is 5.32 Å². The quantitative estimate of drug-likeness (QED) is 0.762. The highest BCUT2D eigenvalue weighted by atomic mass is 32.2. The fraction of sp³-hybridized carbons (Fsp3) is 0.462. The molecule has 0 saturated carbocycles. The van der Waals surface area contributed by atoms with Crippen LogP contribution in [0.5, 0.6) is 0 Å². The molecule has 1 unspecified atom stereocenters. The Labute approximate surface area is 131 Å². The summed E-state index contributed by atoms with van der Waals surface area (Å²) in [6.45, 7) is 6.31. The van der Waals surface area contributed by atoms with Crippen molar-refractivity contribution in [2.24, 2.45) is 0 Å². The third-order valence-corrected chi connectivity index (χ3v) is 4.54. The average Bonchev–Trinajstić information content (AvgIpc) is 3.06. The summed E-state index contributed by atoms with van der Waals surface area (Å²) in [6.07, 6.45) is 1.63. The van der Waals surface area contributed by atoms with Crippen molar-refractivity contribution < 1.29 is 9.21 Å². The number of thioether (sulfide) groups is 1. The van der Waals surface area contributed by atoms with E-state index in [0.717, 1.165) is 10.1 Å². The van der Waals surface area contributed by atoms with E-state index in [1.807, 2.05) is 32.9 Å². The van der Waals surface area contributed by atoms with E-state index in [-0.39, 0.29) is 17.2 Å². The van der Waals surface area contributed by atoms with Crippen LogP contribution in [0.4, 0.5) is 5.13 Å². The minimum absolute atomic E-state index is 0.00953. The van der Waals surface area contributed by atoms with Crippen molar-refractivity contribution in [1.29, 1.82) is 0 Å². The van der Waals surface area contributed by atoms with Crippen LogP contribution < -0.4 is 10.6 Å². The number of carbonyl (C=O) groups excluding carboxylic acids is 1. The van der Waals surface area contributed by atoms with Gasteiger partial charge in [0.25, 0.3) is 0 Å². The van der Waals surface area contributed by atoms with Crippen molar-refractivity contribution >= 4 is 34.1 Å². The van der Waals surface area contributed by atoms with Gasteiger partial charge in [0.2, 0.25) is 11.0 Å². The van der Waals surface area contributed by atoms with Crippen molar-refractivity contribution in [1.82, 2.24) is 15.5 Å². The first-order valence-corrected chi connectivity index (χ1v) is 8.31. The van der Waals surface area contributed by atoms with E-state index in [2.05, 4.69) is 20.8 Å². The highest BCUT2D eigenvalue weighted by Crippen LogP contribution is 2.29. The molecule has 0 bridgehead atoms. The number of nitrogens with zero attached hydrogens (tertiary/aromatic N) is 2. The Hall–Kier alpha value is -1.54. The molecule has 2 N–H and O–H groups in total. The van der Waals surface area contributed by atoms with Crippen molar-refractivity contribution in [3.8, 4) is 0 Å². The molecule has 0 saturated heterocycles. The van der Waals surface area contributed by atoms with Gasteiger partial charge >= 0.3 is 0 Å². The molecule has 0 fully saturated rings. The van der Waals surface area contributed by atoms with Gasteiger partial charge in [0.15, 0.2) is 4.34 Å². The van der Waals surface area contributed by atoms with E-state index in [4.69, 9.17) is 4.42 Å². The molecule has 2 rings (SSSR count). The zero-order valence-corrected chi connectivity index (χ0v) is 13.8. The van der Waals surface area contributed by atoms with E-state index >= 15 is 0 Å². The number of aromatic nitrogens is 2. The molecule has 2 aromatic rings. The zero-order chi connectivity index (χ0) is 15.2. The Morgan fingerprint density at radius 3 is 2.90 bits per heavy atom. The van der Waals surface area contributed by atoms with E-state index in [1.165, 1.54) is 23.1 Å². The van der Waals surface area contributed by atoms with Gasteiger partial charge in [0, 0.05) is 6.04 Å². The first kappa shape index (κ1) is 15.8. The molecule has 0 radical (unpaired) electrons. The second-order valence-electron chi connectivity index (χ2n) is 4.73. The van der Waals surface area contributed by atoms with Crippen LogP contribution in [0.15, 0.2) is 27.2 Å². The van der Waals surface area contributed by atoms with Gasteiger partial charge in [-0.3, -0.25) is 4.79 Å². The largest absolute Gasteiger partial charge is 0.467 e. The van der Waals surface area contributed by atoms with Gasteiger partial charge < -0.3 is 15.1 Å². The third kappa shape index (κ3) is 5.05. The van der Waals surface area contributed by atoms with Crippen LogP contribution in [0.2, 0.25) is 0 Å². The predicted octanol–water partition coefficient (Wildman–Crippen LogP) is 2.75. The summed E-state index contributed by atoms with van der Waals surface area (Å²) in [7, 11) is 0. The highest BCUT2D eigenvalue weighted by molar-refractivity contribution is 8.02. The number of anilines is 1. The maximum Gasteiger partial charge on any atom is 0.233 e. The number of nitrogens with one attached hydrogen (secondary N) is 2. The van der Waals surface area contributed by atoms with Crippen LogP contribution in [0.3, 0.4) is 0 Å². The summed E-state index contributed by atoms with van der Waals surface area (Å²) >= 11 is 2.83. The maximum absolute atomic E-state index is 11.8. The zero-order valence-electron chi connectivity index (χ0n) is 12.1. The Morgan fingerprint density at radius 2 is 2.24 bits per heavy atom. The number of furan rings is 1. The number of hydrogen-bond acceptors (Lipinski definition) is 7. The van der Waals surface area contributed by atoms with Crippen molar-refractivity contribution in [3.63, 3.8) is 0 Å². The molecule has 21 heavy (non-hydrogen) atoms. The molecule has 114 valence electrons. The molecule has 0 aliphatic heterocycles. The number of hydrogen-bond donors (Lipinski definition) is 2. The van der Waals surface area contributed by atoms with Gasteiger partial charge in [-0.2, -0.15) is 0 Å². The molecule has 2 heterocycles. The van der Waals surface area contributed by atoms with Crippen LogP contribution in [-0.2, 0) is 11.3 Å². The lowest BCUT2D eigenvalue weighted by Crippen LogP contribution is -2.35. The molecule has 0 aromatic carbocycles. The molecule has 0 spiro atoms. The van der Waals surface area contributed by atoms with Crippen LogP contribution in [0.25, 0.3) is 0 Å². The van der Waals surface area contributed by atoms with Gasteiger partial charge in [-0.05, 0) is 32.9 Å². The number of amides is 1. The molecule has 6 nitrogen and oxygen atoms in total. The van der Waals surface area contributed by atoms with E-state index in [9.17, 15) is 4.79 Å². The summed E-state index contributed by atoms with van der Waals surface area (Å²) in [5, 5.41) is 14.7. The van der Waals surface area contributed by atoms with Gasteiger partial charge in [-0.15, -0.1) is 10.2 Å². The lowest BCUT2D eigenvalue weighted by molar-refractivity contribution is -0.120. The summed E-state index contributed by atoms with van der Waals surface area (Å²) in [6, 6.07) is 3.87. The van der Waals surface area contributed by atoms with Gasteiger partial charge in [0.1, 0.15) is 5.76 Å². The standard InChI is InChI=1S/C13H18N4O2S2/c1-8(2)15-11(18)9(3)20-13-17-16-12(21-13)14-7-10-5-4-6-19-10/h4-6,8-9H,7H2,1-3H3,(H,14,16)(H,15,18). The molecule has 1 atom stereocenters. The van der Waals surface area contributed by atoms with E-state index < -0.39 is 0 Å². The topological polar surface area (TPSA) is 80.0 Å². The van der Waals surface area contributed by atoms with Gasteiger partial charge in [-0.1, -0.05) is 23.1 Å². The smallest absolute Gasteiger partial charge is 0.233 e. The van der Waals surface area contributed by atoms with Crippen molar-refractivity contribution in [2.45, 2.75) is 42.9 Å². The highest BCUT2D eigenvalue weighted by Gasteiger charge is 2.17. The minimum atomic E-state index is -0.196. The maximum atomic E-state index is 11.8. The Bertz CT molecular complexity index is 568. The number of rotatable bonds is 7. The second-order valence-corrected chi connectivity index (χ2v) is 7.29. The Kier molecular flexibility index (Phi) is 5.63. The van der Waals surface area contributed by atoms with Crippen LogP contribution >= 0.6 is 23.1 Å². The van der Waals surface area contributed by atoms with E-state index in [0.29, 0.717) is 11.7 Å². The first-order chi connectivity index (χ1) is 10.0. The van der Waals surface area contributed by atoms with Crippen LogP contribution in [-0.4, -0.2) is 27.4 Å². The van der Waals surface area contributed by atoms with Crippen molar-refractivity contribution in [3.05, 3.63) is 24.2 Å². The summed E-state index contributed by atoms with van der Waals surface area (Å²) in [4.78, 5) is 11.8. The fourth-order valence-corrected chi connectivity index (χ4v) is 3.41. The first-order valence-electron chi connectivity index (χ1n) is 6.61. The molecular weight excluding hydrogens is 308 g/mol. The molecular formula is C13H18N4O2S2. The monoisotopic (exact) mass is 326 g/mol. The Morgan fingerprint density at radius 1 is 1.43 bits per heavy atom. The third-order valence-electron chi connectivity index (χ3n) is 2.48. The summed E-state index contributed by atoms with van der Waals surface area (Å²) in [5.74, 6) is 0.847. The number of carbonyl (C=O) groups is 1. The lowest BCUT2D eigenvalue weighted by Gasteiger charge is -2.12. The molecule has 1 amide bonds. The summed E-state index contributed by atoms with van der Waals surface area (Å²) < 4.78 is 6.00. The average molecular weight is 326 g/mol.